The molecule has 0 aliphatic carbocycles. The van der Waals surface area contributed by atoms with Crippen molar-refractivity contribution in [2.45, 2.75) is 0 Å². The number of carbonyl (C=O) groups is 1. The van der Waals surface area contributed by atoms with E-state index in [9.17, 15) is 15.0 Å². The number of benzene rings is 3. The summed E-state index contributed by atoms with van der Waals surface area (Å²) in [7, 11) is 0. The molecule has 0 radical (unpaired) electrons. The summed E-state index contributed by atoms with van der Waals surface area (Å²) in [6.07, 6.45) is 2.80. The first-order chi connectivity index (χ1) is 14.1. The van der Waals surface area contributed by atoms with Gasteiger partial charge in [-0.25, -0.2) is 19.7 Å². The number of hydrogen-bond acceptors (Lipinski definition) is 7. The van der Waals surface area contributed by atoms with Gasteiger partial charge in [0.05, 0.1) is 5.56 Å². The fourth-order valence-electron chi connectivity index (χ4n) is 2.34. The molecule has 4 aromatic rings. The molecule has 3 aromatic carbocycles. The van der Waals surface area contributed by atoms with Crippen LogP contribution < -0.4 is 4.74 Å². The number of rotatable bonds is 3. The van der Waals surface area contributed by atoms with Crippen molar-refractivity contribution in [1.82, 2.24) is 15.0 Å². The summed E-state index contributed by atoms with van der Waals surface area (Å²) < 4.78 is 5.08. The Hall–Kier alpha value is -4.26. The lowest BCUT2D eigenvalue weighted by molar-refractivity contribution is 0.0731. The highest BCUT2D eigenvalue weighted by atomic mass is 16.5. The Labute approximate surface area is 166 Å². The van der Waals surface area contributed by atoms with Gasteiger partial charge in [-0.2, -0.15) is 0 Å². The maximum Gasteiger partial charge on any atom is 0.347 e. The van der Waals surface area contributed by atoms with E-state index < -0.39 is 5.97 Å². The Morgan fingerprint density at radius 3 is 1.97 bits per heavy atom. The number of esters is 1. The van der Waals surface area contributed by atoms with Crippen LogP contribution in [0.15, 0.2) is 91.5 Å². The molecule has 0 aliphatic rings. The first kappa shape index (κ1) is 19.5. The van der Waals surface area contributed by atoms with E-state index in [-0.39, 0.29) is 17.1 Å². The van der Waals surface area contributed by atoms with Gasteiger partial charge < -0.3 is 14.9 Å². The van der Waals surface area contributed by atoms with Crippen molar-refractivity contribution < 1.29 is 19.7 Å². The number of phenolic OH excluding ortho intramolecular Hbond substituents is 2. The molecule has 1 aromatic heterocycles. The van der Waals surface area contributed by atoms with Crippen LogP contribution in [-0.2, 0) is 0 Å². The smallest absolute Gasteiger partial charge is 0.347 e. The van der Waals surface area contributed by atoms with Crippen LogP contribution >= 0.6 is 0 Å². The van der Waals surface area contributed by atoms with Gasteiger partial charge in [0.1, 0.15) is 35.5 Å². The zero-order valence-electron chi connectivity index (χ0n) is 15.2. The Morgan fingerprint density at radius 1 is 0.724 bits per heavy atom. The molecule has 2 N–H and O–H groups in total. The summed E-state index contributed by atoms with van der Waals surface area (Å²) in [6.45, 7) is 0. The fraction of sp³-hybridized carbons (Fsp3) is 0. The number of ether oxygens (including phenoxy) is 1. The normalized spacial score (nSPS) is 9.79. The predicted octanol–water partition coefficient (Wildman–Crippen LogP) is 3.86. The second kappa shape index (κ2) is 9.61. The molecule has 0 fully saturated rings. The SMILES string of the molecule is O=C(Oc1ccccc1)c1ccccc1O.Oc1ccccc1-c1ncncn1. The zero-order valence-corrected chi connectivity index (χ0v) is 15.2. The van der Waals surface area contributed by atoms with Crippen LogP contribution in [0.5, 0.6) is 17.2 Å². The van der Waals surface area contributed by atoms with E-state index in [2.05, 4.69) is 15.0 Å². The monoisotopic (exact) mass is 387 g/mol. The molecule has 0 aliphatic heterocycles. The molecule has 144 valence electrons. The molecule has 7 heteroatoms. The lowest BCUT2D eigenvalue weighted by Crippen LogP contribution is -2.08. The van der Waals surface area contributed by atoms with Crippen LogP contribution in [0.2, 0.25) is 0 Å². The third-order valence-electron chi connectivity index (χ3n) is 3.72. The first-order valence-electron chi connectivity index (χ1n) is 8.60. The molecular formula is C22H17N3O4. The van der Waals surface area contributed by atoms with Crippen molar-refractivity contribution in [3.05, 3.63) is 97.1 Å². The van der Waals surface area contributed by atoms with Gasteiger partial charge in [0.25, 0.3) is 0 Å². The molecule has 0 unspecified atom stereocenters. The van der Waals surface area contributed by atoms with Crippen LogP contribution in [-0.4, -0.2) is 31.1 Å². The Kier molecular flexibility index (Phi) is 6.46. The first-order valence-corrected chi connectivity index (χ1v) is 8.60. The molecule has 7 nitrogen and oxygen atoms in total. The number of aromatic nitrogens is 3. The van der Waals surface area contributed by atoms with Crippen LogP contribution in [0.25, 0.3) is 11.4 Å². The van der Waals surface area contributed by atoms with Crippen LogP contribution in [0.3, 0.4) is 0 Å². The molecular weight excluding hydrogens is 370 g/mol. The lowest BCUT2D eigenvalue weighted by Gasteiger charge is -2.04. The Balaban J connectivity index is 0.000000169. The van der Waals surface area contributed by atoms with Gasteiger partial charge in [-0.05, 0) is 36.4 Å². The minimum Gasteiger partial charge on any atom is -0.507 e. The molecule has 0 atom stereocenters. The van der Waals surface area contributed by atoms with E-state index in [4.69, 9.17) is 4.74 Å². The average molecular weight is 387 g/mol. The second-order valence-corrected chi connectivity index (χ2v) is 5.70. The van der Waals surface area contributed by atoms with Gasteiger partial charge in [-0.1, -0.05) is 42.5 Å². The number of hydrogen-bond donors (Lipinski definition) is 2. The highest BCUT2D eigenvalue weighted by molar-refractivity contribution is 5.93. The highest BCUT2D eigenvalue weighted by Crippen LogP contribution is 2.24. The quantitative estimate of drug-likeness (QED) is 0.406. The molecule has 0 saturated heterocycles. The largest absolute Gasteiger partial charge is 0.507 e. The topological polar surface area (TPSA) is 105 Å². The van der Waals surface area contributed by atoms with E-state index in [1.165, 1.54) is 24.8 Å². The number of carbonyl (C=O) groups excluding carboxylic acids is 1. The molecule has 0 saturated carbocycles. The Morgan fingerprint density at radius 2 is 1.31 bits per heavy atom. The summed E-state index contributed by atoms with van der Waals surface area (Å²) in [5, 5.41) is 18.9. The lowest BCUT2D eigenvalue weighted by atomic mass is 10.2. The maximum atomic E-state index is 11.7. The second-order valence-electron chi connectivity index (χ2n) is 5.70. The van der Waals surface area contributed by atoms with E-state index in [1.54, 1.807) is 54.6 Å². The van der Waals surface area contributed by atoms with Gasteiger partial charge in [0.15, 0.2) is 5.82 Å². The van der Waals surface area contributed by atoms with Gasteiger partial charge in [-0.3, -0.25) is 0 Å². The van der Waals surface area contributed by atoms with Crippen molar-refractivity contribution in [2.75, 3.05) is 0 Å². The van der Waals surface area contributed by atoms with Gasteiger partial charge in [0.2, 0.25) is 0 Å². The summed E-state index contributed by atoms with van der Waals surface area (Å²) in [4.78, 5) is 23.2. The number of aromatic hydroxyl groups is 2. The molecule has 29 heavy (non-hydrogen) atoms. The molecule has 4 rings (SSSR count). The number of phenols is 2. The zero-order chi connectivity index (χ0) is 20.5. The summed E-state index contributed by atoms with van der Waals surface area (Å²) in [6, 6.07) is 21.9. The molecule has 0 amide bonds. The number of nitrogens with zero attached hydrogens (tertiary/aromatic N) is 3. The van der Waals surface area contributed by atoms with Crippen molar-refractivity contribution >= 4 is 5.97 Å². The van der Waals surface area contributed by atoms with E-state index >= 15 is 0 Å². The fourth-order valence-corrected chi connectivity index (χ4v) is 2.34. The van der Waals surface area contributed by atoms with Crippen molar-refractivity contribution in [2.24, 2.45) is 0 Å². The summed E-state index contributed by atoms with van der Waals surface area (Å²) in [5.41, 5.74) is 0.774. The van der Waals surface area contributed by atoms with E-state index in [0.717, 1.165) is 0 Å². The third kappa shape index (κ3) is 5.36. The molecule has 0 spiro atoms. The van der Waals surface area contributed by atoms with Crippen LogP contribution in [0.4, 0.5) is 0 Å². The average Bonchev–Trinajstić information content (AvgIpc) is 2.76. The molecule has 0 bridgehead atoms. The van der Waals surface area contributed by atoms with Crippen LogP contribution in [0, 0.1) is 0 Å². The minimum absolute atomic E-state index is 0.0802. The van der Waals surface area contributed by atoms with E-state index in [1.807, 2.05) is 12.1 Å². The van der Waals surface area contributed by atoms with Crippen molar-refractivity contribution in [1.29, 1.82) is 0 Å². The predicted molar refractivity (Wildman–Crippen MR) is 106 cm³/mol. The van der Waals surface area contributed by atoms with Gasteiger partial charge in [0, 0.05) is 0 Å². The minimum atomic E-state index is -0.565. The summed E-state index contributed by atoms with van der Waals surface area (Å²) >= 11 is 0. The summed E-state index contributed by atoms with van der Waals surface area (Å²) in [5.74, 6) is 0.463. The highest BCUT2D eigenvalue weighted by Gasteiger charge is 2.12. The number of para-hydroxylation sites is 3. The third-order valence-corrected chi connectivity index (χ3v) is 3.72. The maximum absolute atomic E-state index is 11.7. The van der Waals surface area contributed by atoms with Crippen LogP contribution in [0.1, 0.15) is 10.4 Å². The molecule has 1 heterocycles. The van der Waals surface area contributed by atoms with Gasteiger partial charge >= 0.3 is 5.97 Å². The van der Waals surface area contributed by atoms with Gasteiger partial charge in [-0.15, -0.1) is 0 Å². The standard InChI is InChI=1S/C13H10O3.C9H7N3O/c14-12-9-5-4-8-11(12)13(15)16-10-6-2-1-3-7-10;13-8-4-2-1-3-7(8)9-11-5-10-6-12-9/h1-9,14H;1-6,13H. The van der Waals surface area contributed by atoms with Crippen molar-refractivity contribution in [3.8, 4) is 28.6 Å². The van der Waals surface area contributed by atoms with E-state index in [0.29, 0.717) is 17.1 Å². The van der Waals surface area contributed by atoms with Crippen molar-refractivity contribution in [3.63, 3.8) is 0 Å². The Bertz CT molecular complexity index is 1070.